The Kier molecular flexibility index (Phi) is 4.82. The van der Waals surface area contributed by atoms with Gasteiger partial charge in [-0.05, 0) is 30.5 Å². The van der Waals surface area contributed by atoms with Crippen LogP contribution in [0.2, 0.25) is 0 Å². The molecule has 0 aromatic heterocycles. The fourth-order valence-electron chi connectivity index (χ4n) is 1.40. The van der Waals surface area contributed by atoms with Gasteiger partial charge in [0, 0.05) is 13.7 Å². The number of rotatable bonds is 5. The van der Waals surface area contributed by atoms with E-state index in [1.165, 1.54) is 0 Å². The van der Waals surface area contributed by atoms with Gasteiger partial charge in [-0.15, -0.1) is 0 Å². The molecule has 1 aromatic carbocycles. The normalized spacial score (nSPS) is 12.1. The van der Waals surface area contributed by atoms with Gasteiger partial charge in [0.15, 0.2) is 0 Å². The number of hydrogen-bond donors (Lipinski definition) is 1. The first-order valence-electron chi connectivity index (χ1n) is 4.95. The minimum atomic E-state index is -0.506. The molecule has 3 nitrogen and oxygen atoms in total. The Balaban J connectivity index is 2.57. The molecular weight excluding hydrogens is 190 g/mol. The van der Waals surface area contributed by atoms with E-state index < -0.39 is 6.10 Å². The quantitative estimate of drug-likeness (QED) is 0.748. The molecule has 0 fully saturated rings. The average molecular weight is 205 g/mol. The van der Waals surface area contributed by atoms with Crippen molar-refractivity contribution >= 4 is 0 Å². The molecule has 0 radical (unpaired) electrons. The zero-order valence-electron chi connectivity index (χ0n) is 8.81. The van der Waals surface area contributed by atoms with Crippen LogP contribution in [0.1, 0.15) is 30.1 Å². The molecule has 0 spiro atoms. The molecule has 1 unspecified atom stereocenters. The third kappa shape index (κ3) is 3.70. The first kappa shape index (κ1) is 11.7. The lowest BCUT2D eigenvalue weighted by Gasteiger charge is -2.10. The Hall–Kier alpha value is -1.37. The van der Waals surface area contributed by atoms with Crippen LogP contribution in [0.4, 0.5) is 0 Å². The number of aliphatic hydroxyl groups excluding tert-OH is 1. The first-order valence-corrected chi connectivity index (χ1v) is 4.95. The fraction of sp³-hybridized carbons (Fsp3) is 0.417. The number of aliphatic hydroxyl groups is 1. The van der Waals surface area contributed by atoms with Crippen LogP contribution in [0, 0.1) is 11.3 Å². The molecule has 0 aliphatic rings. The van der Waals surface area contributed by atoms with Crippen LogP contribution in [0.5, 0.6) is 0 Å². The van der Waals surface area contributed by atoms with Gasteiger partial charge in [-0.25, -0.2) is 0 Å². The van der Waals surface area contributed by atoms with Crippen molar-refractivity contribution in [1.82, 2.24) is 0 Å². The number of benzene rings is 1. The number of nitrogens with zero attached hydrogens (tertiary/aromatic N) is 1. The summed E-state index contributed by atoms with van der Waals surface area (Å²) in [6, 6.07) is 9.12. The highest BCUT2D eigenvalue weighted by Gasteiger charge is 2.07. The molecular formula is C12H15NO2. The second kappa shape index (κ2) is 6.18. The molecule has 3 heteroatoms. The molecule has 1 aromatic rings. The van der Waals surface area contributed by atoms with Crippen molar-refractivity contribution in [2.75, 3.05) is 13.7 Å². The summed E-state index contributed by atoms with van der Waals surface area (Å²) < 4.78 is 4.91. The van der Waals surface area contributed by atoms with Crippen LogP contribution in [-0.2, 0) is 4.74 Å². The van der Waals surface area contributed by atoms with Crippen molar-refractivity contribution in [3.8, 4) is 6.07 Å². The second-order valence-electron chi connectivity index (χ2n) is 3.39. The lowest BCUT2D eigenvalue weighted by atomic mass is 10.0. The Morgan fingerprint density at radius 1 is 1.53 bits per heavy atom. The molecule has 0 aliphatic heterocycles. The number of ether oxygens (including phenoxy) is 1. The monoisotopic (exact) mass is 205 g/mol. The van der Waals surface area contributed by atoms with Crippen molar-refractivity contribution in [3.05, 3.63) is 35.4 Å². The van der Waals surface area contributed by atoms with Crippen LogP contribution in [-0.4, -0.2) is 18.8 Å². The molecule has 1 rings (SSSR count). The molecule has 1 N–H and O–H groups in total. The SMILES string of the molecule is COCCCC(O)c1cccc(C#N)c1. The Labute approximate surface area is 89.9 Å². The van der Waals surface area contributed by atoms with Gasteiger partial charge in [0.05, 0.1) is 17.7 Å². The molecule has 80 valence electrons. The van der Waals surface area contributed by atoms with E-state index in [0.717, 1.165) is 12.0 Å². The highest BCUT2D eigenvalue weighted by Crippen LogP contribution is 2.18. The third-order valence-electron chi connectivity index (χ3n) is 2.23. The smallest absolute Gasteiger partial charge is 0.0991 e. The number of methoxy groups -OCH3 is 1. The van der Waals surface area contributed by atoms with Crippen LogP contribution in [0.3, 0.4) is 0 Å². The van der Waals surface area contributed by atoms with Gasteiger partial charge < -0.3 is 9.84 Å². The Morgan fingerprint density at radius 3 is 3.00 bits per heavy atom. The van der Waals surface area contributed by atoms with E-state index in [1.807, 2.05) is 6.07 Å². The molecule has 0 bridgehead atoms. The Bertz CT molecular complexity index is 344. The van der Waals surface area contributed by atoms with Gasteiger partial charge in [-0.2, -0.15) is 5.26 Å². The second-order valence-corrected chi connectivity index (χ2v) is 3.39. The maximum atomic E-state index is 9.80. The zero-order valence-corrected chi connectivity index (χ0v) is 8.81. The summed E-state index contributed by atoms with van der Waals surface area (Å²) in [5, 5.41) is 18.5. The standard InChI is InChI=1S/C12H15NO2/c1-15-7-3-6-12(14)11-5-2-4-10(8-11)9-13/h2,4-5,8,12,14H,3,6-7H2,1H3. The predicted octanol–water partition coefficient (Wildman–Crippen LogP) is 2.02. The third-order valence-corrected chi connectivity index (χ3v) is 2.23. The van der Waals surface area contributed by atoms with E-state index in [0.29, 0.717) is 18.6 Å². The summed E-state index contributed by atoms with van der Waals surface area (Å²) in [6.07, 6.45) is 0.963. The van der Waals surface area contributed by atoms with E-state index in [1.54, 1.807) is 25.3 Å². The van der Waals surface area contributed by atoms with Gasteiger partial charge in [0.1, 0.15) is 0 Å². The molecule has 1 atom stereocenters. The van der Waals surface area contributed by atoms with Gasteiger partial charge in [0.25, 0.3) is 0 Å². The zero-order chi connectivity index (χ0) is 11.1. The van der Waals surface area contributed by atoms with Crippen molar-refractivity contribution in [1.29, 1.82) is 5.26 Å². The molecule has 15 heavy (non-hydrogen) atoms. The predicted molar refractivity (Wildman–Crippen MR) is 57.2 cm³/mol. The number of nitriles is 1. The highest BCUT2D eigenvalue weighted by atomic mass is 16.5. The van der Waals surface area contributed by atoms with E-state index >= 15 is 0 Å². The Morgan fingerprint density at radius 2 is 2.33 bits per heavy atom. The lowest BCUT2D eigenvalue weighted by molar-refractivity contribution is 0.136. The van der Waals surface area contributed by atoms with Crippen molar-refractivity contribution < 1.29 is 9.84 Å². The average Bonchev–Trinajstić information content (AvgIpc) is 2.29. The fourth-order valence-corrected chi connectivity index (χ4v) is 1.40. The van der Waals surface area contributed by atoms with Gasteiger partial charge in [-0.3, -0.25) is 0 Å². The highest BCUT2D eigenvalue weighted by molar-refractivity contribution is 5.33. The summed E-state index contributed by atoms with van der Waals surface area (Å²) in [5.74, 6) is 0. The number of hydrogen-bond acceptors (Lipinski definition) is 3. The van der Waals surface area contributed by atoms with Gasteiger partial charge >= 0.3 is 0 Å². The van der Waals surface area contributed by atoms with Crippen LogP contribution in [0.25, 0.3) is 0 Å². The summed E-state index contributed by atoms with van der Waals surface area (Å²) >= 11 is 0. The van der Waals surface area contributed by atoms with Crippen LogP contribution >= 0.6 is 0 Å². The molecule has 0 heterocycles. The van der Waals surface area contributed by atoms with Crippen molar-refractivity contribution in [2.24, 2.45) is 0 Å². The van der Waals surface area contributed by atoms with E-state index in [4.69, 9.17) is 10.00 Å². The largest absolute Gasteiger partial charge is 0.388 e. The lowest BCUT2D eigenvalue weighted by Crippen LogP contribution is -2.00. The van der Waals surface area contributed by atoms with Crippen molar-refractivity contribution in [3.63, 3.8) is 0 Å². The topological polar surface area (TPSA) is 53.2 Å². The summed E-state index contributed by atoms with van der Waals surface area (Å²) in [7, 11) is 1.64. The minimum Gasteiger partial charge on any atom is -0.388 e. The van der Waals surface area contributed by atoms with Crippen LogP contribution < -0.4 is 0 Å². The molecule has 0 amide bonds. The first-order chi connectivity index (χ1) is 7.27. The van der Waals surface area contributed by atoms with Gasteiger partial charge in [0.2, 0.25) is 0 Å². The molecule has 0 aliphatic carbocycles. The summed E-state index contributed by atoms with van der Waals surface area (Å²) in [6.45, 7) is 0.648. The summed E-state index contributed by atoms with van der Waals surface area (Å²) in [5.41, 5.74) is 1.38. The maximum Gasteiger partial charge on any atom is 0.0991 e. The van der Waals surface area contributed by atoms with E-state index in [2.05, 4.69) is 6.07 Å². The van der Waals surface area contributed by atoms with Crippen LogP contribution in [0.15, 0.2) is 24.3 Å². The van der Waals surface area contributed by atoms with Gasteiger partial charge in [-0.1, -0.05) is 12.1 Å². The van der Waals surface area contributed by atoms with E-state index in [-0.39, 0.29) is 0 Å². The maximum absolute atomic E-state index is 9.80. The van der Waals surface area contributed by atoms with E-state index in [9.17, 15) is 5.11 Å². The van der Waals surface area contributed by atoms with Crippen molar-refractivity contribution in [2.45, 2.75) is 18.9 Å². The summed E-state index contributed by atoms with van der Waals surface area (Å²) in [4.78, 5) is 0. The molecule has 0 saturated carbocycles. The minimum absolute atomic E-state index is 0.506. The molecule has 0 saturated heterocycles.